The minimum absolute atomic E-state index is 0.0494. The van der Waals surface area contributed by atoms with Crippen molar-refractivity contribution in [2.45, 2.75) is 18.4 Å². The van der Waals surface area contributed by atoms with Gasteiger partial charge in [-0.2, -0.15) is 5.26 Å². The van der Waals surface area contributed by atoms with Crippen LogP contribution >= 0.6 is 0 Å². The summed E-state index contributed by atoms with van der Waals surface area (Å²) in [6.07, 6.45) is 1.58. The van der Waals surface area contributed by atoms with Crippen LogP contribution in [0.3, 0.4) is 0 Å². The maximum atomic E-state index is 12.3. The van der Waals surface area contributed by atoms with Gasteiger partial charge >= 0.3 is 0 Å². The maximum absolute atomic E-state index is 12.3. The number of benzene rings is 1. The molecule has 1 aromatic heterocycles. The summed E-state index contributed by atoms with van der Waals surface area (Å²) in [5.41, 5.74) is 0.934. The molecule has 0 bridgehead atoms. The number of hydrogen-bond donors (Lipinski definition) is 1. The van der Waals surface area contributed by atoms with E-state index in [0.29, 0.717) is 23.6 Å². The Balaban J connectivity index is 2.18. The van der Waals surface area contributed by atoms with Crippen molar-refractivity contribution in [1.82, 2.24) is 9.71 Å². The molecular formula is C15H15N3O3S. The fraction of sp³-hybridized carbons (Fsp3) is 0.200. The molecule has 0 atom stereocenters. The summed E-state index contributed by atoms with van der Waals surface area (Å²) in [5.74, 6) is 0.401. The van der Waals surface area contributed by atoms with Crippen molar-refractivity contribution in [1.29, 1.82) is 5.26 Å². The number of nitriles is 1. The van der Waals surface area contributed by atoms with E-state index >= 15 is 0 Å². The standard InChI is InChI=1S/C15H15N3O3S/c1-2-21-15-13(6-4-8-17-15)11-18-22(19,20)14-7-3-5-12(9-14)10-16/h3-9,18H,2,11H2,1H3. The molecule has 2 rings (SSSR count). The Labute approximate surface area is 129 Å². The van der Waals surface area contributed by atoms with E-state index < -0.39 is 10.0 Å². The zero-order valence-electron chi connectivity index (χ0n) is 12.0. The summed E-state index contributed by atoms with van der Waals surface area (Å²) in [6.45, 7) is 2.33. The highest BCUT2D eigenvalue weighted by atomic mass is 32.2. The first kappa shape index (κ1) is 15.9. The first-order valence-electron chi connectivity index (χ1n) is 6.63. The third-order valence-electron chi connectivity index (χ3n) is 2.86. The molecule has 2 aromatic rings. The second-order valence-corrected chi connectivity index (χ2v) is 6.13. The normalized spacial score (nSPS) is 10.9. The van der Waals surface area contributed by atoms with Crippen molar-refractivity contribution in [3.05, 3.63) is 53.7 Å². The fourth-order valence-electron chi connectivity index (χ4n) is 1.81. The van der Waals surface area contributed by atoms with Crippen molar-refractivity contribution in [2.24, 2.45) is 0 Å². The topological polar surface area (TPSA) is 92.1 Å². The molecule has 0 aliphatic rings. The van der Waals surface area contributed by atoms with E-state index in [1.54, 1.807) is 24.4 Å². The van der Waals surface area contributed by atoms with Crippen molar-refractivity contribution < 1.29 is 13.2 Å². The number of nitrogens with zero attached hydrogens (tertiary/aromatic N) is 2. The second kappa shape index (κ2) is 7.02. The van der Waals surface area contributed by atoms with Gasteiger partial charge in [-0.25, -0.2) is 18.1 Å². The molecule has 7 heteroatoms. The number of sulfonamides is 1. The number of aromatic nitrogens is 1. The molecule has 0 amide bonds. The number of hydrogen-bond acceptors (Lipinski definition) is 5. The average Bonchev–Trinajstić information content (AvgIpc) is 2.54. The predicted molar refractivity (Wildman–Crippen MR) is 80.6 cm³/mol. The van der Waals surface area contributed by atoms with Crippen LogP contribution in [0.5, 0.6) is 5.88 Å². The van der Waals surface area contributed by atoms with Gasteiger partial charge in [-0.05, 0) is 31.2 Å². The van der Waals surface area contributed by atoms with Crippen molar-refractivity contribution in [3.63, 3.8) is 0 Å². The van der Waals surface area contributed by atoms with Crippen molar-refractivity contribution in [2.75, 3.05) is 6.61 Å². The van der Waals surface area contributed by atoms with Gasteiger partial charge in [-0.3, -0.25) is 0 Å². The molecule has 6 nitrogen and oxygen atoms in total. The summed E-state index contributed by atoms with van der Waals surface area (Å²) >= 11 is 0. The van der Waals surface area contributed by atoms with E-state index in [4.69, 9.17) is 10.00 Å². The monoisotopic (exact) mass is 317 g/mol. The lowest BCUT2D eigenvalue weighted by molar-refractivity contribution is 0.322. The lowest BCUT2D eigenvalue weighted by Crippen LogP contribution is -2.23. The molecule has 1 heterocycles. The van der Waals surface area contributed by atoms with Gasteiger partial charge in [0.2, 0.25) is 15.9 Å². The van der Waals surface area contributed by atoms with E-state index in [1.165, 1.54) is 18.2 Å². The van der Waals surface area contributed by atoms with E-state index in [-0.39, 0.29) is 11.4 Å². The first-order chi connectivity index (χ1) is 10.6. The van der Waals surface area contributed by atoms with E-state index in [0.717, 1.165) is 0 Å². The molecule has 0 unspecified atom stereocenters. The maximum Gasteiger partial charge on any atom is 0.240 e. The van der Waals surface area contributed by atoms with Crippen LogP contribution in [0.1, 0.15) is 18.1 Å². The van der Waals surface area contributed by atoms with Crippen LogP contribution in [-0.4, -0.2) is 20.0 Å². The number of ether oxygens (including phenoxy) is 1. The van der Waals surface area contributed by atoms with Crippen LogP contribution in [0, 0.1) is 11.3 Å². The van der Waals surface area contributed by atoms with Gasteiger partial charge in [0.15, 0.2) is 0 Å². The lowest BCUT2D eigenvalue weighted by Gasteiger charge is -2.10. The van der Waals surface area contributed by atoms with Gasteiger partial charge in [-0.15, -0.1) is 0 Å². The van der Waals surface area contributed by atoms with Gasteiger partial charge < -0.3 is 4.74 Å². The van der Waals surface area contributed by atoms with Gasteiger partial charge in [0.25, 0.3) is 0 Å². The van der Waals surface area contributed by atoms with Crippen LogP contribution in [0.25, 0.3) is 0 Å². The Kier molecular flexibility index (Phi) is 5.09. The van der Waals surface area contributed by atoms with Crippen molar-refractivity contribution >= 4 is 10.0 Å². The van der Waals surface area contributed by atoms with Gasteiger partial charge in [-0.1, -0.05) is 12.1 Å². The Bertz CT molecular complexity index is 798. The smallest absolute Gasteiger partial charge is 0.240 e. The molecule has 0 saturated carbocycles. The summed E-state index contributed by atoms with van der Waals surface area (Å²) < 4.78 is 32.4. The molecule has 1 N–H and O–H groups in total. The molecule has 0 spiro atoms. The largest absolute Gasteiger partial charge is 0.478 e. The molecule has 0 saturated heterocycles. The Hall–Kier alpha value is -2.43. The zero-order chi connectivity index (χ0) is 16.0. The van der Waals surface area contributed by atoms with Gasteiger partial charge in [0, 0.05) is 18.3 Å². The average molecular weight is 317 g/mol. The fourth-order valence-corrected chi connectivity index (χ4v) is 2.87. The number of nitrogens with one attached hydrogen (secondary N) is 1. The predicted octanol–water partition coefficient (Wildman–Crippen LogP) is 1.83. The van der Waals surface area contributed by atoms with Crippen LogP contribution in [0.2, 0.25) is 0 Å². The molecule has 0 aliphatic heterocycles. The Morgan fingerprint density at radius 1 is 1.32 bits per heavy atom. The molecule has 0 radical (unpaired) electrons. The molecular weight excluding hydrogens is 302 g/mol. The third kappa shape index (κ3) is 3.81. The second-order valence-electron chi connectivity index (χ2n) is 4.36. The number of pyridine rings is 1. The molecule has 0 aliphatic carbocycles. The van der Waals surface area contributed by atoms with Crippen LogP contribution in [0.15, 0.2) is 47.5 Å². The third-order valence-corrected chi connectivity index (χ3v) is 4.26. The molecule has 1 aromatic carbocycles. The SMILES string of the molecule is CCOc1ncccc1CNS(=O)(=O)c1cccc(C#N)c1. The van der Waals surface area contributed by atoms with Crippen LogP contribution < -0.4 is 9.46 Å². The van der Waals surface area contributed by atoms with Crippen molar-refractivity contribution in [3.8, 4) is 11.9 Å². The zero-order valence-corrected chi connectivity index (χ0v) is 12.8. The first-order valence-corrected chi connectivity index (χ1v) is 8.11. The van der Waals surface area contributed by atoms with E-state index in [9.17, 15) is 8.42 Å². The minimum Gasteiger partial charge on any atom is -0.478 e. The lowest BCUT2D eigenvalue weighted by atomic mass is 10.2. The Morgan fingerprint density at radius 3 is 2.86 bits per heavy atom. The summed E-state index contributed by atoms with van der Waals surface area (Å²) in [6, 6.07) is 11.2. The van der Waals surface area contributed by atoms with E-state index in [2.05, 4.69) is 9.71 Å². The van der Waals surface area contributed by atoms with E-state index in [1.807, 2.05) is 13.0 Å². The highest BCUT2D eigenvalue weighted by molar-refractivity contribution is 7.89. The molecule has 114 valence electrons. The highest BCUT2D eigenvalue weighted by Gasteiger charge is 2.15. The number of rotatable bonds is 6. The highest BCUT2D eigenvalue weighted by Crippen LogP contribution is 2.16. The van der Waals surface area contributed by atoms with Gasteiger partial charge in [0.05, 0.1) is 23.1 Å². The van der Waals surface area contributed by atoms with Crippen LogP contribution in [-0.2, 0) is 16.6 Å². The summed E-state index contributed by atoms with van der Waals surface area (Å²) in [4.78, 5) is 4.12. The van der Waals surface area contributed by atoms with Gasteiger partial charge in [0.1, 0.15) is 0 Å². The minimum atomic E-state index is -3.71. The Morgan fingerprint density at radius 2 is 2.14 bits per heavy atom. The van der Waals surface area contributed by atoms with Crippen LogP contribution in [0.4, 0.5) is 0 Å². The quantitative estimate of drug-likeness (QED) is 0.877. The molecule has 0 fully saturated rings. The molecule has 22 heavy (non-hydrogen) atoms. The summed E-state index contributed by atoms with van der Waals surface area (Å²) in [5, 5.41) is 8.84. The summed E-state index contributed by atoms with van der Waals surface area (Å²) in [7, 11) is -3.71.